The predicted octanol–water partition coefficient (Wildman–Crippen LogP) is 7.92. The molecular weight excluding hydrogens is 474 g/mol. The molecule has 3 atom stereocenters. The fraction of sp³-hybridized carbons (Fsp3) is 0.848. The van der Waals surface area contributed by atoms with Crippen LogP contribution >= 0.6 is 0 Å². The Hall–Kier alpha value is -1.17. The van der Waals surface area contributed by atoms with Crippen molar-refractivity contribution in [2.75, 3.05) is 6.61 Å². The Kier molecular flexibility index (Phi) is 27.9. The number of hydrogen-bond acceptors (Lipinski definition) is 4. The number of amides is 1. The van der Waals surface area contributed by atoms with Crippen LogP contribution in [0.4, 0.5) is 0 Å². The summed E-state index contributed by atoms with van der Waals surface area (Å²) in [6.07, 6.45) is 31.9. The predicted molar refractivity (Wildman–Crippen MR) is 162 cm³/mol. The van der Waals surface area contributed by atoms with Crippen LogP contribution in [0.25, 0.3) is 0 Å². The van der Waals surface area contributed by atoms with Crippen molar-refractivity contribution in [1.29, 1.82) is 0 Å². The number of allylic oxidation sites excluding steroid dienone is 3. The van der Waals surface area contributed by atoms with E-state index in [0.29, 0.717) is 6.42 Å². The summed E-state index contributed by atoms with van der Waals surface area (Å²) in [7, 11) is 0. The van der Waals surface area contributed by atoms with Crippen molar-refractivity contribution in [1.82, 2.24) is 5.32 Å². The van der Waals surface area contributed by atoms with Crippen molar-refractivity contribution in [3.8, 4) is 0 Å². The van der Waals surface area contributed by atoms with E-state index < -0.39 is 24.2 Å². The number of nitrogens with one attached hydrogen (secondary N) is 1. The molecule has 0 aliphatic rings. The molecule has 0 saturated carbocycles. The van der Waals surface area contributed by atoms with Gasteiger partial charge in [0.1, 0.15) is 6.10 Å². The highest BCUT2D eigenvalue weighted by molar-refractivity contribution is 5.80. The van der Waals surface area contributed by atoms with Crippen LogP contribution in [0.2, 0.25) is 0 Å². The Labute approximate surface area is 235 Å². The lowest BCUT2D eigenvalue weighted by atomic mass is 10.0. The van der Waals surface area contributed by atoms with Crippen LogP contribution in [0.5, 0.6) is 0 Å². The molecule has 5 heteroatoms. The highest BCUT2D eigenvalue weighted by atomic mass is 16.3. The molecule has 0 aromatic heterocycles. The fourth-order valence-corrected chi connectivity index (χ4v) is 4.67. The summed E-state index contributed by atoms with van der Waals surface area (Å²) in [6.45, 7) is 4.11. The van der Waals surface area contributed by atoms with Gasteiger partial charge in [-0.05, 0) is 32.1 Å². The van der Waals surface area contributed by atoms with Gasteiger partial charge in [-0.3, -0.25) is 4.79 Å². The summed E-state index contributed by atoms with van der Waals surface area (Å²) in [6, 6.07) is -0.807. The summed E-state index contributed by atoms with van der Waals surface area (Å²) in [5.74, 6) is -0.517. The third kappa shape index (κ3) is 23.9. The SMILES string of the molecule is CCCCCCCCC/C=C/CC/C=C/C(O)C(CO)NC(=O)C(O)CCCCCCCCCCCCC. The second-order valence-corrected chi connectivity index (χ2v) is 11.0. The van der Waals surface area contributed by atoms with Gasteiger partial charge in [0, 0.05) is 0 Å². The van der Waals surface area contributed by atoms with Crippen molar-refractivity contribution < 1.29 is 20.1 Å². The molecule has 38 heavy (non-hydrogen) atoms. The minimum absolute atomic E-state index is 0.374. The molecular formula is C33H63NO4. The van der Waals surface area contributed by atoms with Crippen molar-refractivity contribution in [2.24, 2.45) is 0 Å². The first-order chi connectivity index (χ1) is 18.6. The molecule has 0 fully saturated rings. The van der Waals surface area contributed by atoms with Gasteiger partial charge >= 0.3 is 0 Å². The average Bonchev–Trinajstić information content (AvgIpc) is 2.92. The van der Waals surface area contributed by atoms with Gasteiger partial charge in [0.25, 0.3) is 0 Å². The van der Waals surface area contributed by atoms with Gasteiger partial charge in [0.15, 0.2) is 0 Å². The summed E-state index contributed by atoms with van der Waals surface area (Å²) < 4.78 is 0. The Balaban J connectivity index is 3.87. The van der Waals surface area contributed by atoms with Gasteiger partial charge < -0.3 is 20.6 Å². The van der Waals surface area contributed by atoms with E-state index >= 15 is 0 Å². The second kappa shape index (κ2) is 28.8. The van der Waals surface area contributed by atoms with Crippen LogP contribution in [0, 0.1) is 0 Å². The number of carbonyl (C=O) groups is 1. The maximum Gasteiger partial charge on any atom is 0.249 e. The van der Waals surface area contributed by atoms with Crippen LogP contribution in [0.3, 0.4) is 0 Å². The first-order valence-corrected chi connectivity index (χ1v) is 16.2. The number of aliphatic hydroxyl groups excluding tert-OH is 3. The molecule has 0 radical (unpaired) electrons. The topological polar surface area (TPSA) is 89.8 Å². The normalized spacial score (nSPS) is 14.3. The van der Waals surface area contributed by atoms with E-state index in [2.05, 4.69) is 31.3 Å². The van der Waals surface area contributed by atoms with Crippen molar-refractivity contribution >= 4 is 5.91 Å². The van der Waals surface area contributed by atoms with E-state index in [9.17, 15) is 20.1 Å². The van der Waals surface area contributed by atoms with E-state index in [1.165, 1.54) is 96.3 Å². The largest absolute Gasteiger partial charge is 0.394 e. The third-order valence-corrected chi connectivity index (χ3v) is 7.29. The molecule has 1 amide bonds. The monoisotopic (exact) mass is 537 g/mol. The first kappa shape index (κ1) is 36.8. The standard InChI is InChI=1S/C33H63NO4/c1-3-5-7-9-11-13-15-16-18-19-21-23-25-27-31(36)30(29-35)34-33(38)32(37)28-26-24-22-20-17-14-12-10-8-6-4-2/h18-19,25,27,30-32,35-37H,3-17,20-24,26,28-29H2,1-2H3,(H,34,38)/b19-18+,27-25+. The number of aliphatic hydroxyl groups is 3. The zero-order chi connectivity index (χ0) is 28.1. The van der Waals surface area contributed by atoms with Crippen LogP contribution in [-0.4, -0.2) is 46.1 Å². The van der Waals surface area contributed by atoms with Crippen molar-refractivity contribution in [2.45, 2.75) is 173 Å². The molecule has 0 aliphatic carbocycles. The van der Waals surface area contributed by atoms with Gasteiger partial charge in [0.05, 0.1) is 18.8 Å². The molecule has 0 rings (SSSR count). The zero-order valence-corrected chi connectivity index (χ0v) is 25.1. The Morgan fingerprint density at radius 1 is 0.632 bits per heavy atom. The Morgan fingerprint density at radius 3 is 1.61 bits per heavy atom. The van der Waals surface area contributed by atoms with Crippen molar-refractivity contribution in [3.63, 3.8) is 0 Å². The Morgan fingerprint density at radius 2 is 1.08 bits per heavy atom. The summed E-state index contributed by atoms with van der Waals surface area (Å²) >= 11 is 0. The second-order valence-electron chi connectivity index (χ2n) is 11.0. The molecule has 0 aromatic carbocycles. The van der Waals surface area contributed by atoms with E-state index in [0.717, 1.165) is 38.5 Å². The van der Waals surface area contributed by atoms with E-state index in [4.69, 9.17) is 0 Å². The number of unbranched alkanes of at least 4 members (excludes halogenated alkanes) is 18. The maximum absolute atomic E-state index is 12.3. The van der Waals surface area contributed by atoms with Gasteiger partial charge in [-0.1, -0.05) is 147 Å². The van der Waals surface area contributed by atoms with Crippen LogP contribution in [-0.2, 0) is 4.79 Å². The molecule has 0 bridgehead atoms. The quantitative estimate of drug-likeness (QED) is 0.0603. The molecule has 224 valence electrons. The van der Waals surface area contributed by atoms with E-state index in [-0.39, 0.29) is 6.61 Å². The smallest absolute Gasteiger partial charge is 0.249 e. The van der Waals surface area contributed by atoms with Crippen LogP contribution in [0.15, 0.2) is 24.3 Å². The molecule has 0 aliphatic heterocycles. The molecule has 0 aromatic rings. The lowest BCUT2D eigenvalue weighted by Gasteiger charge is -2.21. The zero-order valence-electron chi connectivity index (χ0n) is 25.1. The Bertz CT molecular complexity index is 563. The van der Waals surface area contributed by atoms with Crippen molar-refractivity contribution in [3.05, 3.63) is 24.3 Å². The number of hydrogen-bond donors (Lipinski definition) is 4. The highest BCUT2D eigenvalue weighted by Crippen LogP contribution is 2.13. The maximum atomic E-state index is 12.3. The van der Waals surface area contributed by atoms with Gasteiger partial charge in [0.2, 0.25) is 5.91 Å². The van der Waals surface area contributed by atoms with E-state index in [1.807, 2.05) is 6.08 Å². The molecule has 3 unspecified atom stereocenters. The van der Waals surface area contributed by atoms with Gasteiger partial charge in [-0.25, -0.2) is 0 Å². The summed E-state index contributed by atoms with van der Waals surface area (Å²) in [4.78, 5) is 12.3. The lowest BCUT2D eigenvalue weighted by Crippen LogP contribution is -2.48. The fourth-order valence-electron chi connectivity index (χ4n) is 4.67. The minimum Gasteiger partial charge on any atom is -0.394 e. The molecule has 5 nitrogen and oxygen atoms in total. The highest BCUT2D eigenvalue weighted by Gasteiger charge is 2.22. The molecule has 0 heterocycles. The van der Waals surface area contributed by atoms with Crippen LogP contribution in [0.1, 0.15) is 155 Å². The van der Waals surface area contributed by atoms with Gasteiger partial charge in [-0.15, -0.1) is 0 Å². The van der Waals surface area contributed by atoms with Gasteiger partial charge in [-0.2, -0.15) is 0 Å². The summed E-state index contributed by atoms with van der Waals surface area (Å²) in [5, 5.41) is 32.7. The summed E-state index contributed by atoms with van der Waals surface area (Å²) in [5.41, 5.74) is 0. The molecule has 0 saturated heterocycles. The average molecular weight is 538 g/mol. The molecule has 0 spiro atoms. The van der Waals surface area contributed by atoms with E-state index in [1.54, 1.807) is 6.08 Å². The van der Waals surface area contributed by atoms with Crippen LogP contribution < -0.4 is 5.32 Å². The first-order valence-electron chi connectivity index (χ1n) is 16.2. The minimum atomic E-state index is -1.10. The third-order valence-electron chi connectivity index (χ3n) is 7.29. The number of carbonyl (C=O) groups excluding carboxylic acids is 1. The lowest BCUT2D eigenvalue weighted by molar-refractivity contribution is -0.131. The number of rotatable bonds is 28. The molecule has 4 N–H and O–H groups in total.